The Balaban J connectivity index is 1.70. The van der Waals surface area contributed by atoms with Gasteiger partial charge in [-0.25, -0.2) is 4.79 Å². The first-order valence-corrected chi connectivity index (χ1v) is 10.0. The van der Waals surface area contributed by atoms with Crippen LogP contribution < -0.4 is 10.6 Å². The zero-order chi connectivity index (χ0) is 16.8. The Kier molecular flexibility index (Phi) is 5.96. The average molecular weight is 347 g/mol. The Morgan fingerprint density at radius 1 is 1.33 bits per heavy atom. The SMILES string of the molecule is CSCC[C@H](NC(=O)NC1CCCCC1)c1nnc2ccccn12. The molecular formula is C17H25N5OS. The number of thioether (sulfide) groups is 1. The van der Waals surface area contributed by atoms with Crippen LogP contribution >= 0.6 is 11.8 Å². The molecular weight excluding hydrogens is 322 g/mol. The molecule has 2 aromatic rings. The lowest BCUT2D eigenvalue weighted by molar-refractivity contribution is 0.228. The average Bonchev–Trinajstić information content (AvgIpc) is 3.03. The van der Waals surface area contributed by atoms with E-state index in [1.54, 1.807) is 11.8 Å². The van der Waals surface area contributed by atoms with Crippen molar-refractivity contribution in [1.82, 2.24) is 25.2 Å². The summed E-state index contributed by atoms with van der Waals surface area (Å²) in [5.41, 5.74) is 0.802. The lowest BCUT2D eigenvalue weighted by Gasteiger charge is -2.24. The van der Waals surface area contributed by atoms with Crippen LogP contribution in [0.3, 0.4) is 0 Å². The van der Waals surface area contributed by atoms with Crippen molar-refractivity contribution in [1.29, 1.82) is 0 Å². The monoisotopic (exact) mass is 347 g/mol. The molecule has 1 saturated carbocycles. The Hall–Kier alpha value is -1.76. The zero-order valence-electron chi connectivity index (χ0n) is 14.1. The molecule has 0 bridgehead atoms. The Morgan fingerprint density at radius 3 is 2.96 bits per heavy atom. The third kappa shape index (κ3) is 4.20. The van der Waals surface area contributed by atoms with E-state index in [0.717, 1.165) is 36.5 Å². The summed E-state index contributed by atoms with van der Waals surface area (Å²) < 4.78 is 1.95. The maximum Gasteiger partial charge on any atom is 0.315 e. The van der Waals surface area contributed by atoms with Crippen molar-refractivity contribution < 1.29 is 4.79 Å². The van der Waals surface area contributed by atoms with E-state index in [1.165, 1.54) is 19.3 Å². The first kappa shape index (κ1) is 17.1. The summed E-state index contributed by atoms with van der Waals surface area (Å²) in [7, 11) is 0. The van der Waals surface area contributed by atoms with Gasteiger partial charge in [-0.05, 0) is 43.4 Å². The molecule has 0 aromatic carbocycles. The minimum atomic E-state index is -0.140. The first-order valence-electron chi connectivity index (χ1n) is 8.63. The molecule has 7 heteroatoms. The molecule has 0 radical (unpaired) electrons. The van der Waals surface area contributed by atoms with Crippen molar-refractivity contribution >= 4 is 23.4 Å². The van der Waals surface area contributed by atoms with Gasteiger partial charge in [-0.3, -0.25) is 4.40 Å². The number of hydrogen-bond donors (Lipinski definition) is 2. The zero-order valence-corrected chi connectivity index (χ0v) is 14.9. The molecule has 1 aliphatic rings. The van der Waals surface area contributed by atoms with Crippen LogP contribution in [0, 0.1) is 0 Å². The van der Waals surface area contributed by atoms with Crippen LogP contribution in [0.15, 0.2) is 24.4 Å². The number of fused-ring (bicyclic) bond motifs is 1. The van der Waals surface area contributed by atoms with Crippen LogP contribution in [-0.2, 0) is 0 Å². The van der Waals surface area contributed by atoms with E-state index < -0.39 is 0 Å². The Bertz CT molecular complexity index is 668. The first-order chi connectivity index (χ1) is 11.8. The summed E-state index contributed by atoms with van der Waals surface area (Å²) >= 11 is 1.77. The fraction of sp³-hybridized carbons (Fsp3) is 0.588. The number of hydrogen-bond acceptors (Lipinski definition) is 4. The van der Waals surface area contributed by atoms with Gasteiger partial charge in [0, 0.05) is 12.2 Å². The molecule has 0 aliphatic heterocycles. The number of aromatic nitrogens is 3. The minimum Gasteiger partial charge on any atom is -0.335 e. The molecule has 1 atom stereocenters. The van der Waals surface area contributed by atoms with E-state index in [1.807, 2.05) is 28.8 Å². The van der Waals surface area contributed by atoms with Crippen LogP contribution in [0.2, 0.25) is 0 Å². The second kappa shape index (κ2) is 8.37. The summed E-state index contributed by atoms with van der Waals surface area (Å²) in [6, 6.07) is 5.88. The van der Waals surface area contributed by atoms with Gasteiger partial charge in [0.15, 0.2) is 11.5 Å². The van der Waals surface area contributed by atoms with E-state index in [4.69, 9.17) is 0 Å². The maximum absolute atomic E-state index is 12.4. The van der Waals surface area contributed by atoms with Crippen LogP contribution in [0.25, 0.3) is 5.65 Å². The molecule has 130 valence electrons. The van der Waals surface area contributed by atoms with Gasteiger partial charge < -0.3 is 10.6 Å². The number of nitrogens with zero attached hydrogens (tertiary/aromatic N) is 3. The number of carbonyl (C=O) groups is 1. The summed E-state index contributed by atoms with van der Waals surface area (Å²) in [5.74, 6) is 1.74. The summed E-state index contributed by atoms with van der Waals surface area (Å²) in [4.78, 5) is 12.4. The molecule has 3 rings (SSSR count). The molecule has 0 saturated heterocycles. The third-order valence-corrected chi connectivity index (χ3v) is 5.15. The van der Waals surface area contributed by atoms with Crippen molar-refractivity contribution in [2.45, 2.75) is 50.6 Å². The van der Waals surface area contributed by atoms with Crippen molar-refractivity contribution in [3.05, 3.63) is 30.2 Å². The molecule has 2 N–H and O–H groups in total. The Labute approximate surface area is 146 Å². The quantitative estimate of drug-likeness (QED) is 0.842. The van der Waals surface area contributed by atoms with Gasteiger partial charge in [0.05, 0.1) is 6.04 Å². The molecule has 1 aliphatic carbocycles. The summed E-state index contributed by atoms with van der Waals surface area (Å²) in [5, 5.41) is 14.7. The van der Waals surface area contributed by atoms with Gasteiger partial charge in [-0.2, -0.15) is 11.8 Å². The summed E-state index contributed by atoms with van der Waals surface area (Å²) in [6.07, 6.45) is 10.7. The highest BCUT2D eigenvalue weighted by molar-refractivity contribution is 7.98. The topological polar surface area (TPSA) is 71.3 Å². The van der Waals surface area contributed by atoms with E-state index in [-0.39, 0.29) is 12.1 Å². The van der Waals surface area contributed by atoms with Gasteiger partial charge >= 0.3 is 6.03 Å². The van der Waals surface area contributed by atoms with Crippen LogP contribution in [0.4, 0.5) is 4.79 Å². The van der Waals surface area contributed by atoms with E-state index in [9.17, 15) is 4.79 Å². The number of rotatable bonds is 6. The van der Waals surface area contributed by atoms with Gasteiger partial charge in [0.1, 0.15) is 0 Å². The van der Waals surface area contributed by atoms with Crippen LogP contribution in [0.5, 0.6) is 0 Å². The second-order valence-corrected chi connectivity index (χ2v) is 7.26. The normalized spacial score (nSPS) is 16.9. The maximum atomic E-state index is 12.4. The van der Waals surface area contributed by atoms with Crippen molar-refractivity contribution in [2.75, 3.05) is 12.0 Å². The highest BCUT2D eigenvalue weighted by Gasteiger charge is 2.22. The molecule has 0 spiro atoms. The van der Waals surface area contributed by atoms with Crippen molar-refractivity contribution in [3.63, 3.8) is 0 Å². The fourth-order valence-electron chi connectivity index (χ4n) is 3.23. The molecule has 0 unspecified atom stereocenters. The third-order valence-electron chi connectivity index (χ3n) is 4.51. The van der Waals surface area contributed by atoms with Crippen LogP contribution in [-0.4, -0.2) is 38.7 Å². The van der Waals surface area contributed by atoms with Crippen molar-refractivity contribution in [3.8, 4) is 0 Å². The molecule has 24 heavy (non-hydrogen) atoms. The number of nitrogens with one attached hydrogen (secondary N) is 2. The molecule has 6 nitrogen and oxygen atoms in total. The number of urea groups is 1. The number of carbonyl (C=O) groups excluding carboxylic acids is 1. The van der Waals surface area contributed by atoms with Crippen molar-refractivity contribution in [2.24, 2.45) is 0 Å². The van der Waals surface area contributed by atoms with Gasteiger partial charge in [0.2, 0.25) is 0 Å². The van der Waals surface area contributed by atoms with Gasteiger partial charge in [-0.15, -0.1) is 10.2 Å². The lowest BCUT2D eigenvalue weighted by Crippen LogP contribution is -2.44. The van der Waals surface area contributed by atoms with Crippen LogP contribution in [0.1, 0.15) is 50.4 Å². The number of amides is 2. The fourth-order valence-corrected chi connectivity index (χ4v) is 3.70. The highest BCUT2D eigenvalue weighted by atomic mass is 32.2. The molecule has 1 fully saturated rings. The largest absolute Gasteiger partial charge is 0.335 e. The van der Waals surface area contributed by atoms with E-state index in [2.05, 4.69) is 27.1 Å². The van der Waals surface area contributed by atoms with Gasteiger partial charge in [-0.1, -0.05) is 25.3 Å². The smallest absolute Gasteiger partial charge is 0.315 e. The summed E-state index contributed by atoms with van der Waals surface area (Å²) in [6.45, 7) is 0. The molecule has 2 amide bonds. The van der Waals surface area contributed by atoms with E-state index >= 15 is 0 Å². The molecule has 2 aromatic heterocycles. The lowest BCUT2D eigenvalue weighted by atomic mass is 9.96. The Morgan fingerprint density at radius 2 is 2.17 bits per heavy atom. The van der Waals surface area contributed by atoms with E-state index in [0.29, 0.717) is 6.04 Å². The number of pyridine rings is 1. The predicted octanol–water partition coefficient (Wildman–Crippen LogP) is 3.16. The predicted molar refractivity (Wildman–Crippen MR) is 97.3 cm³/mol. The highest BCUT2D eigenvalue weighted by Crippen LogP contribution is 2.20. The minimum absolute atomic E-state index is 0.0966. The second-order valence-electron chi connectivity index (χ2n) is 6.27. The van der Waals surface area contributed by atoms with Gasteiger partial charge in [0.25, 0.3) is 0 Å². The molecule has 2 heterocycles. The standard InChI is InChI=1S/C17H25N5OS/c1-24-12-10-14(16-21-20-15-9-5-6-11-22(15)16)19-17(23)18-13-7-3-2-4-8-13/h5-6,9,11,13-14H,2-4,7-8,10,12H2,1H3,(H2,18,19,23)/t14-/m0/s1.